The lowest BCUT2D eigenvalue weighted by Crippen LogP contribution is -2.52. The van der Waals surface area contributed by atoms with Crippen molar-refractivity contribution in [2.75, 3.05) is 65.6 Å². The second-order valence-electron chi connectivity index (χ2n) is 10.5. The molecule has 46 heavy (non-hydrogen) atoms. The lowest BCUT2D eigenvalue weighted by molar-refractivity contribution is -0.144. The minimum absolute atomic E-state index is 0.0194. The van der Waals surface area contributed by atoms with E-state index in [4.69, 9.17) is 14.2 Å². The molecule has 0 saturated heterocycles. The fourth-order valence-electron chi connectivity index (χ4n) is 4.88. The highest BCUT2D eigenvalue weighted by Gasteiger charge is 2.31. The van der Waals surface area contributed by atoms with Gasteiger partial charge in [-0.1, -0.05) is 67.6 Å². The van der Waals surface area contributed by atoms with Crippen LogP contribution >= 0.6 is 7.82 Å². The van der Waals surface area contributed by atoms with E-state index in [-0.39, 0.29) is 38.7 Å². The highest BCUT2D eigenvalue weighted by atomic mass is 31.2. The molecule has 254 valence electrons. The van der Waals surface area contributed by atoms with Gasteiger partial charge in [0.15, 0.2) is 0 Å². The average Bonchev–Trinajstić information content (AvgIpc) is 2.99. The fraction of sp³-hybridized carbons (Fsp3) is 0.467. The summed E-state index contributed by atoms with van der Waals surface area (Å²) in [6.45, 7) is -1.33. The van der Waals surface area contributed by atoms with Crippen molar-refractivity contribution in [3.05, 3.63) is 71.8 Å². The molecule has 0 fully saturated rings. The second kappa shape index (κ2) is 19.7. The Balaban J connectivity index is 2.19. The first kappa shape index (κ1) is 38.5. The third kappa shape index (κ3) is 15.1. The molecular formula is C30H42N3O12P. The first-order valence-corrected chi connectivity index (χ1v) is 16.1. The van der Waals surface area contributed by atoms with Crippen molar-refractivity contribution in [3.63, 3.8) is 0 Å². The van der Waals surface area contributed by atoms with Crippen molar-refractivity contribution in [1.82, 2.24) is 14.7 Å². The molecule has 5 N–H and O–H groups in total. The number of benzene rings is 2. The Labute approximate surface area is 267 Å². The van der Waals surface area contributed by atoms with E-state index in [0.29, 0.717) is 13.0 Å². The van der Waals surface area contributed by atoms with E-state index in [1.54, 1.807) is 11.8 Å². The van der Waals surface area contributed by atoms with Gasteiger partial charge in [0.1, 0.15) is 0 Å². The molecule has 0 aromatic heterocycles. The van der Waals surface area contributed by atoms with Crippen molar-refractivity contribution in [1.29, 1.82) is 0 Å². The molecule has 16 heteroatoms. The molecule has 0 saturated carbocycles. The van der Waals surface area contributed by atoms with Crippen LogP contribution in [0.2, 0.25) is 0 Å². The van der Waals surface area contributed by atoms with Crippen molar-refractivity contribution in [3.8, 4) is 0 Å². The predicted molar refractivity (Wildman–Crippen MR) is 166 cm³/mol. The molecule has 0 aliphatic heterocycles. The number of phosphoric ester groups is 1. The van der Waals surface area contributed by atoms with Gasteiger partial charge in [-0.05, 0) is 24.1 Å². The smallest absolute Gasteiger partial charge is 0.472 e. The van der Waals surface area contributed by atoms with E-state index in [9.17, 15) is 44.0 Å². The number of phosphoric acid groups is 1. The van der Waals surface area contributed by atoms with Crippen LogP contribution in [0, 0.1) is 0 Å². The molecule has 0 aliphatic carbocycles. The lowest BCUT2D eigenvalue weighted by Gasteiger charge is -2.34. The Bertz CT molecular complexity index is 1250. The topological polar surface area (TPSA) is 215 Å². The first-order valence-electron chi connectivity index (χ1n) is 14.6. The van der Waals surface area contributed by atoms with Gasteiger partial charge in [0, 0.05) is 31.6 Å². The summed E-state index contributed by atoms with van der Waals surface area (Å²) in [6.07, 6.45) is 0.312. The van der Waals surface area contributed by atoms with Gasteiger partial charge in [0.05, 0.1) is 39.4 Å². The lowest BCUT2D eigenvalue weighted by atomic mass is 9.89. The maximum absolute atomic E-state index is 12.9. The molecular weight excluding hydrogens is 625 g/mol. The number of rotatable bonds is 24. The number of carboxylic acid groups (broad SMARTS) is 4. The zero-order valence-electron chi connectivity index (χ0n) is 25.6. The molecule has 2 rings (SSSR count). The number of carboxylic acids is 4. The summed E-state index contributed by atoms with van der Waals surface area (Å²) in [7, 11) is -4.75. The maximum Gasteiger partial charge on any atom is 0.472 e. The van der Waals surface area contributed by atoms with E-state index in [2.05, 4.69) is 0 Å². The van der Waals surface area contributed by atoms with Crippen LogP contribution in [0.5, 0.6) is 0 Å². The summed E-state index contributed by atoms with van der Waals surface area (Å²) < 4.78 is 23.4. The van der Waals surface area contributed by atoms with E-state index in [1.807, 2.05) is 60.7 Å². The van der Waals surface area contributed by atoms with Gasteiger partial charge in [0.25, 0.3) is 0 Å². The molecule has 0 bridgehead atoms. The number of likely N-dealkylation sites (N-methyl/N-ethyl adjacent to an activating group) is 1. The summed E-state index contributed by atoms with van der Waals surface area (Å²) >= 11 is 0. The third-order valence-corrected chi connectivity index (χ3v) is 8.04. The molecule has 0 heterocycles. The Morgan fingerprint density at radius 2 is 1.17 bits per heavy atom. The second-order valence-corrected chi connectivity index (χ2v) is 12.0. The highest BCUT2D eigenvalue weighted by molar-refractivity contribution is 7.47. The van der Waals surface area contributed by atoms with Crippen LogP contribution in [-0.4, -0.2) is 136 Å². The van der Waals surface area contributed by atoms with Crippen molar-refractivity contribution >= 4 is 31.7 Å². The van der Waals surface area contributed by atoms with E-state index in [1.165, 1.54) is 4.90 Å². The predicted octanol–water partition coefficient (Wildman–Crippen LogP) is 1.98. The number of hydrogen-bond acceptors (Lipinski definition) is 10. The van der Waals surface area contributed by atoms with Gasteiger partial charge in [0.2, 0.25) is 0 Å². The summed E-state index contributed by atoms with van der Waals surface area (Å²) in [6, 6.07) is 17.8. The molecule has 2 aromatic carbocycles. The molecule has 0 spiro atoms. The molecule has 2 atom stereocenters. The van der Waals surface area contributed by atoms with E-state index < -0.39 is 64.0 Å². The van der Waals surface area contributed by atoms with Crippen molar-refractivity contribution in [2.45, 2.75) is 25.3 Å². The molecule has 2 aromatic rings. The van der Waals surface area contributed by atoms with Gasteiger partial charge in [-0.2, -0.15) is 0 Å². The average molecular weight is 668 g/mol. The van der Waals surface area contributed by atoms with Gasteiger partial charge in [-0.3, -0.25) is 42.9 Å². The summed E-state index contributed by atoms with van der Waals surface area (Å²) in [4.78, 5) is 60.3. The molecule has 15 nitrogen and oxygen atoms in total. The van der Waals surface area contributed by atoms with E-state index >= 15 is 0 Å². The van der Waals surface area contributed by atoms with Crippen LogP contribution in [0.1, 0.15) is 30.4 Å². The van der Waals surface area contributed by atoms with Crippen LogP contribution in [0.25, 0.3) is 0 Å². The Hall–Kier alpha value is -3.69. The molecule has 2 unspecified atom stereocenters. The Morgan fingerprint density at radius 1 is 0.717 bits per heavy atom. The van der Waals surface area contributed by atoms with Crippen LogP contribution < -0.4 is 0 Å². The standard InChI is InChI=1S/C30H42N3O12P/c1-2-31(18-27(34)35)14-15-32(19-28(36)37)17-25(33(20-29(38)39)21-30(40)41)22-45-46(42,43)44-16-13-26(23-9-5-3-6-10-23)24-11-7-4-8-12-24/h3-12,25-26H,2,13-22H2,1H3,(H,34,35)(H,36,37)(H,38,39)(H,40,41)(H,42,43). The summed E-state index contributed by atoms with van der Waals surface area (Å²) in [5, 5.41) is 37.4. The summed E-state index contributed by atoms with van der Waals surface area (Å²) in [5.41, 5.74) is 1.93. The van der Waals surface area contributed by atoms with Gasteiger partial charge in [-0.15, -0.1) is 0 Å². The number of nitrogens with zero attached hydrogens (tertiary/aromatic N) is 3. The van der Waals surface area contributed by atoms with Crippen LogP contribution in [0.3, 0.4) is 0 Å². The van der Waals surface area contributed by atoms with Gasteiger partial charge < -0.3 is 25.3 Å². The molecule has 0 amide bonds. The quantitative estimate of drug-likeness (QED) is 0.101. The van der Waals surface area contributed by atoms with Crippen molar-refractivity contribution in [2.24, 2.45) is 0 Å². The summed E-state index contributed by atoms with van der Waals surface area (Å²) in [5.74, 6) is -5.25. The third-order valence-electron chi connectivity index (χ3n) is 7.05. The van der Waals surface area contributed by atoms with Gasteiger partial charge in [-0.25, -0.2) is 4.57 Å². The Kier molecular flexibility index (Phi) is 16.5. The monoisotopic (exact) mass is 667 g/mol. The maximum atomic E-state index is 12.9. The first-order chi connectivity index (χ1) is 21.8. The van der Waals surface area contributed by atoms with Crippen LogP contribution in [-0.2, 0) is 32.8 Å². The number of carbonyl (C=O) groups is 4. The fourth-order valence-corrected chi connectivity index (χ4v) is 5.65. The van der Waals surface area contributed by atoms with Crippen LogP contribution in [0.15, 0.2) is 60.7 Å². The SMILES string of the molecule is CCN(CCN(CC(=O)O)CC(COP(=O)(O)OCCC(c1ccccc1)c1ccccc1)N(CC(=O)O)CC(=O)O)CC(=O)O. The normalized spacial score (nSPS) is 13.6. The zero-order valence-corrected chi connectivity index (χ0v) is 26.5. The van der Waals surface area contributed by atoms with E-state index in [0.717, 1.165) is 16.0 Å². The minimum atomic E-state index is -4.75. The van der Waals surface area contributed by atoms with Gasteiger partial charge >= 0.3 is 31.7 Å². The number of aliphatic carboxylic acids is 4. The molecule has 0 radical (unpaired) electrons. The van der Waals surface area contributed by atoms with Crippen LogP contribution in [0.4, 0.5) is 0 Å². The number of hydrogen-bond donors (Lipinski definition) is 5. The highest BCUT2D eigenvalue weighted by Crippen LogP contribution is 2.44. The van der Waals surface area contributed by atoms with Crippen molar-refractivity contribution < 1.29 is 58.1 Å². The zero-order chi connectivity index (χ0) is 34.1. The largest absolute Gasteiger partial charge is 0.480 e. The molecule has 0 aliphatic rings. The Morgan fingerprint density at radius 3 is 1.63 bits per heavy atom. The minimum Gasteiger partial charge on any atom is -0.480 e.